The van der Waals surface area contributed by atoms with E-state index in [1.54, 1.807) is 33.9 Å². The Labute approximate surface area is 148 Å². The molecule has 5 nitrogen and oxygen atoms in total. The number of thiophene rings is 1. The molecule has 3 aromatic heterocycles. The van der Waals surface area contributed by atoms with Crippen LogP contribution in [-0.4, -0.2) is 14.7 Å². The van der Waals surface area contributed by atoms with Crippen LogP contribution >= 0.6 is 23.1 Å². The Morgan fingerprint density at radius 3 is 3.12 bits per heavy atom. The number of aryl methyl sites for hydroxylation is 1. The highest BCUT2D eigenvalue weighted by Gasteiger charge is 2.24. The fraction of sp³-hybridized carbons (Fsp3) is 0.471. The fourth-order valence-electron chi connectivity index (χ4n) is 3.24. The molecule has 1 atom stereocenters. The summed E-state index contributed by atoms with van der Waals surface area (Å²) in [6.07, 6.45) is 4.80. The smallest absolute Gasteiger partial charge is 0.263 e. The van der Waals surface area contributed by atoms with Crippen LogP contribution < -0.4 is 5.56 Å². The van der Waals surface area contributed by atoms with Crippen LogP contribution in [-0.2, 0) is 25.1 Å². The Kier molecular flexibility index (Phi) is 4.22. The van der Waals surface area contributed by atoms with E-state index in [-0.39, 0.29) is 5.56 Å². The van der Waals surface area contributed by atoms with Crippen LogP contribution in [0.2, 0.25) is 0 Å². The molecule has 3 heterocycles. The normalized spacial score (nSPS) is 17.3. The lowest BCUT2D eigenvalue weighted by molar-refractivity contribution is 0.414. The summed E-state index contributed by atoms with van der Waals surface area (Å²) in [5, 5.41) is 5.55. The van der Waals surface area contributed by atoms with Gasteiger partial charge in [0.2, 0.25) is 0 Å². The maximum atomic E-state index is 13.0. The Bertz CT molecular complexity index is 928. The van der Waals surface area contributed by atoms with Crippen molar-refractivity contribution in [3.63, 3.8) is 0 Å². The van der Waals surface area contributed by atoms with E-state index in [0.29, 0.717) is 18.2 Å². The quantitative estimate of drug-likeness (QED) is 0.521. The van der Waals surface area contributed by atoms with Crippen LogP contribution in [0, 0.1) is 5.92 Å². The minimum absolute atomic E-state index is 0.109. The van der Waals surface area contributed by atoms with E-state index in [4.69, 9.17) is 9.51 Å². The molecule has 1 aliphatic carbocycles. The van der Waals surface area contributed by atoms with Crippen LogP contribution in [0.4, 0.5) is 0 Å². The first-order chi connectivity index (χ1) is 11.7. The lowest BCUT2D eigenvalue weighted by atomic mass is 9.89. The van der Waals surface area contributed by atoms with Gasteiger partial charge in [0.25, 0.3) is 5.56 Å². The van der Waals surface area contributed by atoms with Crippen molar-refractivity contribution in [3.8, 4) is 0 Å². The van der Waals surface area contributed by atoms with Gasteiger partial charge >= 0.3 is 0 Å². The maximum Gasteiger partial charge on any atom is 0.263 e. The largest absolute Gasteiger partial charge is 0.364 e. The third kappa shape index (κ3) is 2.69. The van der Waals surface area contributed by atoms with Crippen molar-refractivity contribution in [2.75, 3.05) is 0 Å². The maximum absolute atomic E-state index is 13.0. The summed E-state index contributed by atoms with van der Waals surface area (Å²) in [5.41, 5.74) is 2.22. The van der Waals surface area contributed by atoms with Crippen LogP contribution in [0.5, 0.6) is 0 Å². The van der Waals surface area contributed by atoms with Crippen LogP contribution in [0.3, 0.4) is 0 Å². The molecule has 0 fully saturated rings. The molecule has 1 aliphatic rings. The molecular formula is C17H19N3O2S2. The van der Waals surface area contributed by atoms with Gasteiger partial charge in [-0.1, -0.05) is 23.8 Å². The molecule has 7 heteroatoms. The Morgan fingerprint density at radius 2 is 2.38 bits per heavy atom. The van der Waals surface area contributed by atoms with Gasteiger partial charge in [0.15, 0.2) is 5.16 Å². The van der Waals surface area contributed by atoms with Crippen molar-refractivity contribution >= 4 is 33.3 Å². The van der Waals surface area contributed by atoms with Crippen molar-refractivity contribution < 1.29 is 4.52 Å². The van der Waals surface area contributed by atoms with Crippen molar-refractivity contribution in [1.82, 2.24) is 14.7 Å². The molecule has 24 heavy (non-hydrogen) atoms. The number of thioether (sulfide) groups is 1. The zero-order chi connectivity index (χ0) is 16.7. The first-order valence-electron chi connectivity index (χ1n) is 8.24. The lowest BCUT2D eigenvalue weighted by Gasteiger charge is -2.17. The molecule has 0 saturated carbocycles. The van der Waals surface area contributed by atoms with Gasteiger partial charge in [0, 0.05) is 23.2 Å². The molecule has 0 N–H and O–H groups in total. The van der Waals surface area contributed by atoms with Gasteiger partial charge in [-0.3, -0.25) is 9.36 Å². The molecule has 1 unspecified atom stereocenters. The van der Waals surface area contributed by atoms with Gasteiger partial charge < -0.3 is 4.52 Å². The van der Waals surface area contributed by atoms with Gasteiger partial charge in [-0.25, -0.2) is 4.98 Å². The second-order valence-electron chi connectivity index (χ2n) is 6.26. The van der Waals surface area contributed by atoms with Crippen molar-refractivity contribution in [1.29, 1.82) is 0 Å². The highest BCUT2D eigenvalue weighted by molar-refractivity contribution is 7.98. The van der Waals surface area contributed by atoms with Crippen LogP contribution in [0.15, 0.2) is 26.8 Å². The van der Waals surface area contributed by atoms with Gasteiger partial charge in [-0.2, -0.15) is 0 Å². The zero-order valence-electron chi connectivity index (χ0n) is 13.7. The summed E-state index contributed by atoms with van der Waals surface area (Å²) >= 11 is 3.24. The van der Waals surface area contributed by atoms with Crippen molar-refractivity contribution in [2.45, 2.75) is 50.6 Å². The monoisotopic (exact) mass is 361 g/mol. The van der Waals surface area contributed by atoms with Gasteiger partial charge in [0.1, 0.15) is 11.1 Å². The lowest BCUT2D eigenvalue weighted by Crippen LogP contribution is -2.23. The van der Waals surface area contributed by atoms with Gasteiger partial charge in [-0.05, 0) is 37.7 Å². The average Bonchev–Trinajstić information content (AvgIpc) is 3.19. The minimum Gasteiger partial charge on any atom is -0.364 e. The topological polar surface area (TPSA) is 60.9 Å². The zero-order valence-corrected chi connectivity index (χ0v) is 15.4. The molecule has 126 valence electrons. The summed E-state index contributed by atoms with van der Waals surface area (Å²) in [4.78, 5) is 20.1. The van der Waals surface area contributed by atoms with Crippen molar-refractivity contribution in [3.05, 3.63) is 38.8 Å². The van der Waals surface area contributed by atoms with E-state index in [2.05, 4.69) is 12.1 Å². The SMILES string of the molecule is CCn1c(SCc2ccon2)nc2sc3c(c2c1=O)CCC(C)C3. The highest BCUT2D eigenvalue weighted by atomic mass is 32.2. The van der Waals surface area contributed by atoms with E-state index < -0.39 is 0 Å². The van der Waals surface area contributed by atoms with E-state index in [9.17, 15) is 4.79 Å². The summed E-state index contributed by atoms with van der Waals surface area (Å²) < 4.78 is 6.66. The standard InChI is InChI=1S/C17H19N3O2S2/c1-3-20-16(21)14-12-5-4-10(2)8-13(12)24-15(14)18-17(20)23-9-11-6-7-22-19-11/h6-7,10H,3-5,8-9H2,1-2H3. The van der Waals surface area contributed by atoms with Crippen LogP contribution in [0.25, 0.3) is 10.2 Å². The first-order valence-corrected chi connectivity index (χ1v) is 10.0. The molecule has 4 rings (SSSR count). The predicted molar refractivity (Wildman–Crippen MR) is 96.8 cm³/mol. The molecule has 0 aromatic carbocycles. The number of fused-ring (bicyclic) bond motifs is 3. The average molecular weight is 361 g/mol. The number of aromatic nitrogens is 3. The van der Waals surface area contributed by atoms with E-state index in [1.807, 2.05) is 13.0 Å². The molecule has 0 saturated heterocycles. The molecule has 0 bridgehead atoms. The summed E-state index contributed by atoms with van der Waals surface area (Å²) in [6.45, 7) is 4.91. The predicted octanol–water partition coefficient (Wildman–Crippen LogP) is 3.88. The first kappa shape index (κ1) is 15.9. The molecule has 0 aliphatic heterocycles. The highest BCUT2D eigenvalue weighted by Crippen LogP contribution is 2.36. The Balaban J connectivity index is 1.78. The number of hydrogen-bond acceptors (Lipinski definition) is 6. The number of rotatable bonds is 4. The molecule has 3 aromatic rings. The number of hydrogen-bond donors (Lipinski definition) is 0. The second-order valence-corrected chi connectivity index (χ2v) is 8.28. The van der Waals surface area contributed by atoms with Gasteiger partial charge in [0.05, 0.1) is 11.1 Å². The molecule has 0 spiro atoms. The minimum atomic E-state index is 0.109. The Morgan fingerprint density at radius 1 is 1.50 bits per heavy atom. The summed E-state index contributed by atoms with van der Waals surface area (Å²) in [5.74, 6) is 1.34. The Hall–Kier alpha value is -1.60. The van der Waals surface area contributed by atoms with E-state index in [0.717, 1.165) is 40.3 Å². The van der Waals surface area contributed by atoms with Gasteiger partial charge in [-0.15, -0.1) is 11.3 Å². The molecule has 0 amide bonds. The summed E-state index contributed by atoms with van der Waals surface area (Å²) in [6, 6.07) is 1.84. The third-order valence-electron chi connectivity index (χ3n) is 4.54. The van der Waals surface area contributed by atoms with E-state index in [1.165, 1.54) is 10.4 Å². The third-order valence-corrected chi connectivity index (χ3v) is 6.70. The van der Waals surface area contributed by atoms with Crippen LogP contribution in [0.1, 0.15) is 36.4 Å². The fourth-order valence-corrected chi connectivity index (χ4v) is 5.62. The van der Waals surface area contributed by atoms with E-state index >= 15 is 0 Å². The second kappa shape index (κ2) is 6.37. The molecule has 0 radical (unpaired) electrons. The summed E-state index contributed by atoms with van der Waals surface area (Å²) in [7, 11) is 0. The number of nitrogens with zero attached hydrogens (tertiary/aromatic N) is 3. The molecular weight excluding hydrogens is 342 g/mol. The van der Waals surface area contributed by atoms with Crippen molar-refractivity contribution in [2.24, 2.45) is 5.92 Å².